The van der Waals surface area contributed by atoms with E-state index in [-0.39, 0.29) is 18.3 Å². The number of nitrogens with two attached hydrogens (primary N) is 1. The Labute approximate surface area is 133 Å². The van der Waals surface area contributed by atoms with Gasteiger partial charge in [-0.05, 0) is 38.8 Å². The molecular weight excluding hydrogens is 300 g/mol. The summed E-state index contributed by atoms with van der Waals surface area (Å²) in [5.41, 5.74) is 5.49. The van der Waals surface area contributed by atoms with Gasteiger partial charge in [-0.25, -0.2) is 13.4 Å². The summed E-state index contributed by atoms with van der Waals surface area (Å²) in [5.74, 6) is 0.451. The van der Waals surface area contributed by atoms with Gasteiger partial charge in [-0.3, -0.25) is 4.31 Å². The number of nitrogens with zero attached hydrogens (tertiary/aromatic N) is 3. The lowest BCUT2D eigenvalue weighted by atomic mass is 10.0. The van der Waals surface area contributed by atoms with Crippen molar-refractivity contribution in [2.24, 2.45) is 5.73 Å². The number of piperidine rings is 1. The van der Waals surface area contributed by atoms with Gasteiger partial charge in [0.1, 0.15) is 5.82 Å². The van der Waals surface area contributed by atoms with Crippen LogP contribution in [0.4, 0.5) is 5.82 Å². The van der Waals surface area contributed by atoms with Crippen LogP contribution in [0.5, 0.6) is 0 Å². The molecule has 1 aromatic heterocycles. The largest absolute Gasteiger partial charge is 0.329 e. The second kappa shape index (κ2) is 7.39. The molecule has 0 spiro atoms. The van der Waals surface area contributed by atoms with Crippen LogP contribution in [0.15, 0.2) is 24.4 Å². The van der Waals surface area contributed by atoms with Crippen LogP contribution in [0.1, 0.15) is 26.7 Å². The third-order valence-corrected chi connectivity index (χ3v) is 5.95. The van der Waals surface area contributed by atoms with Gasteiger partial charge in [-0.15, -0.1) is 0 Å². The second-order valence-corrected chi connectivity index (χ2v) is 7.91. The Hall–Kier alpha value is -1.18. The van der Waals surface area contributed by atoms with Gasteiger partial charge in [-0.2, -0.15) is 0 Å². The first-order chi connectivity index (χ1) is 10.5. The smallest absolute Gasteiger partial charge is 0.237 e. The molecule has 1 saturated heterocycles. The summed E-state index contributed by atoms with van der Waals surface area (Å²) >= 11 is 0. The molecule has 1 aliphatic heterocycles. The van der Waals surface area contributed by atoms with E-state index in [1.807, 2.05) is 6.07 Å². The molecule has 124 valence electrons. The fraction of sp³-hybridized carbons (Fsp3) is 0.667. The van der Waals surface area contributed by atoms with Crippen molar-refractivity contribution in [3.05, 3.63) is 24.4 Å². The first-order valence-corrected chi connectivity index (χ1v) is 9.44. The van der Waals surface area contributed by atoms with Crippen molar-refractivity contribution in [3.8, 4) is 0 Å². The Morgan fingerprint density at radius 2 is 2.05 bits per heavy atom. The monoisotopic (exact) mass is 326 g/mol. The summed E-state index contributed by atoms with van der Waals surface area (Å²) in [6.07, 6.45) is 3.26. The van der Waals surface area contributed by atoms with E-state index in [1.165, 1.54) is 4.31 Å². The lowest BCUT2D eigenvalue weighted by Crippen LogP contribution is -2.50. The van der Waals surface area contributed by atoms with E-state index in [4.69, 9.17) is 5.73 Å². The Morgan fingerprint density at radius 1 is 1.36 bits per heavy atom. The van der Waals surface area contributed by atoms with Crippen LogP contribution in [-0.2, 0) is 10.0 Å². The lowest BCUT2D eigenvalue weighted by Gasteiger charge is -2.39. The molecule has 0 bridgehead atoms. The van der Waals surface area contributed by atoms with Crippen LogP contribution in [0.2, 0.25) is 0 Å². The highest BCUT2D eigenvalue weighted by atomic mass is 32.2. The SMILES string of the molecule is CC(C)N1CCC(N(c2ccccn2)S(=O)(=O)CCN)CC1. The minimum absolute atomic E-state index is 0.0403. The number of aromatic nitrogens is 1. The summed E-state index contributed by atoms with van der Waals surface area (Å²) in [5, 5.41) is 0. The van der Waals surface area contributed by atoms with E-state index in [9.17, 15) is 8.42 Å². The molecule has 0 unspecified atom stereocenters. The maximum atomic E-state index is 12.6. The van der Waals surface area contributed by atoms with Gasteiger partial charge < -0.3 is 10.6 Å². The van der Waals surface area contributed by atoms with Crippen molar-refractivity contribution in [1.29, 1.82) is 0 Å². The second-order valence-electron chi connectivity index (χ2n) is 5.95. The van der Waals surface area contributed by atoms with Crippen LogP contribution in [0, 0.1) is 0 Å². The molecule has 7 heteroatoms. The van der Waals surface area contributed by atoms with Crippen molar-refractivity contribution in [2.45, 2.75) is 38.8 Å². The van der Waals surface area contributed by atoms with Gasteiger partial charge in [0.05, 0.1) is 5.75 Å². The van der Waals surface area contributed by atoms with E-state index in [0.29, 0.717) is 11.9 Å². The van der Waals surface area contributed by atoms with E-state index in [2.05, 4.69) is 23.7 Å². The van der Waals surface area contributed by atoms with Crippen LogP contribution < -0.4 is 10.0 Å². The van der Waals surface area contributed by atoms with Crippen LogP contribution >= 0.6 is 0 Å². The summed E-state index contributed by atoms with van der Waals surface area (Å²) in [7, 11) is -3.44. The van der Waals surface area contributed by atoms with Crippen molar-refractivity contribution in [2.75, 3.05) is 29.7 Å². The Kier molecular flexibility index (Phi) is 5.77. The molecule has 2 rings (SSSR count). The van der Waals surface area contributed by atoms with Crippen molar-refractivity contribution < 1.29 is 8.42 Å². The third kappa shape index (κ3) is 3.97. The normalized spacial score (nSPS) is 17.8. The number of anilines is 1. The van der Waals surface area contributed by atoms with Crippen LogP contribution in [-0.4, -0.2) is 55.8 Å². The zero-order valence-corrected chi connectivity index (χ0v) is 14.2. The van der Waals surface area contributed by atoms with Gasteiger partial charge in [0.2, 0.25) is 10.0 Å². The molecule has 2 N–H and O–H groups in total. The van der Waals surface area contributed by atoms with Gasteiger partial charge in [0.25, 0.3) is 0 Å². The zero-order chi connectivity index (χ0) is 16.2. The summed E-state index contributed by atoms with van der Waals surface area (Å²) < 4.78 is 26.8. The molecule has 0 amide bonds. The van der Waals surface area contributed by atoms with Gasteiger partial charge in [0, 0.05) is 37.9 Å². The van der Waals surface area contributed by atoms with Crippen LogP contribution in [0.3, 0.4) is 0 Å². The molecule has 1 aromatic rings. The first-order valence-electron chi connectivity index (χ1n) is 7.83. The predicted octanol–water partition coefficient (Wildman–Crippen LogP) is 1.05. The average Bonchev–Trinajstić information content (AvgIpc) is 2.48. The number of hydrogen-bond donors (Lipinski definition) is 1. The van der Waals surface area contributed by atoms with Gasteiger partial charge in [0.15, 0.2) is 0 Å². The maximum absolute atomic E-state index is 12.6. The topological polar surface area (TPSA) is 79.5 Å². The fourth-order valence-corrected chi connectivity index (χ4v) is 4.48. The molecule has 2 heterocycles. The summed E-state index contributed by atoms with van der Waals surface area (Å²) in [4.78, 5) is 6.63. The van der Waals surface area contributed by atoms with Crippen LogP contribution in [0.25, 0.3) is 0 Å². The van der Waals surface area contributed by atoms with Crippen molar-refractivity contribution >= 4 is 15.8 Å². The lowest BCUT2D eigenvalue weighted by molar-refractivity contribution is 0.173. The molecule has 0 saturated carbocycles. The minimum Gasteiger partial charge on any atom is -0.329 e. The maximum Gasteiger partial charge on any atom is 0.237 e. The van der Waals surface area contributed by atoms with E-state index < -0.39 is 10.0 Å². The summed E-state index contributed by atoms with van der Waals surface area (Å²) in [6.45, 7) is 6.27. The van der Waals surface area contributed by atoms with E-state index in [0.717, 1.165) is 25.9 Å². The molecule has 6 nitrogen and oxygen atoms in total. The number of pyridine rings is 1. The molecule has 0 aromatic carbocycles. The molecule has 1 aliphatic rings. The fourth-order valence-electron chi connectivity index (χ4n) is 2.92. The highest BCUT2D eigenvalue weighted by Gasteiger charge is 2.33. The van der Waals surface area contributed by atoms with E-state index in [1.54, 1.807) is 18.3 Å². The number of sulfonamides is 1. The number of rotatable bonds is 6. The molecule has 22 heavy (non-hydrogen) atoms. The highest BCUT2D eigenvalue weighted by Crippen LogP contribution is 2.26. The molecule has 0 aliphatic carbocycles. The Balaban J connectivity index is 2.23. The average molecular weight is 326 g/mol. The highest BCUT2D eigenvalue weighted by molar-refractivity contribution is 7.92. The molecule has 1 fully saturated rings. The third-order valence-electron chi connectivity index (χ3n) is 4.11. The number of hydrogen-bond acceptors (Lipinski definition) is 5. The van der Waals surface area contributed by atoms with Crippen molar-refractivity contribution in [3.63, 3.8) is 0 Å². The molecular formula is C15H26N4O2S. The zero-order valence-electron chi connectivity index (χ0n) is 13.4. The standard InChI is InChI=1S/C15H26N4O2S/c1-13(2)18-10-6-14(7-11-18)19(22(20,21)12-8-16)15-5-3-4-9-17-15/h3-5,9,13-14H,6-8,10-12,16H2,1-2H3. The van der Waals surface area contributed by atoms with Crippen molar-refractivity contribution in [1.82, 2.24) is 9.88 Å². The Bertz CT molecular complexity index is 554. The first kappa shape index (κ1) is 17.2. The van der Waals surface area contributed by atoms with E-state index >= 15 is 0 Å². The summed E-state index contributed by atoms with van der Waals surface area (Å²) in [6, 6.07) is 5.81. The number of likely N-dealkylation sites (tertiary alicyclic amines) is 1. The predicted molar refractivity (Wildman–Crippen MR) is 89.3 cm³/mol. The van der Waals surface area contributed by atoms with Gasteiger partial charge in [-0.1, -0.05) is 6.07 Å². The molecule has 0 radical (unpaired) electrons. The minimum atomic E-state index is -3.44. The quantitative estimate of drug-likeness (QED) is 0.845. The Morgan fingerprint density at radius 3 is 2.55 bits per heavy atom. The molecule has 0 atom stereocenters. The van der Waals surface area contributed by atoms with Gasteiger partial charge >= 0.3 is 0 Å².